The third-order valence-electron chi connectivity index (χ3n) is 4.96. The molecule has 0 saturated heterocycles. The maximum atomic E-state index is 13.0. The van der Waals surface area contributed by atoms with E-state index in [2.05, 4.69) is 5.32 Å². The molecule has 0 aliphatic rings. The summed E-state index contributed by atoms with van der Waals surface area (Å²) in [4.78, 5) is 38.5. The summed E-state index contributed by atoms with van der Waals surface area (Å²) in [5, 5.41) is 3.76. The highest BCUT2D eigenvalue weighted by atomic mass is 35.5. The molecule has 7 heteroatoms. The van der Waals surface area contributed by atoms with E-state index in [9.17, 15) is 14.4 Å². The summed E-state index contributed by atoms with van der Waals surface area (Å²) in [5.74, 6) is -0.369. The van der Waals surface area contributed by atoms with Gasteiger partial charge in [0.15, 0.2) is 0 Å². The summed E-state index contributed by atoms with van der Waals surface area (Å²) in [6.07, 6.45) is 0.626. The average molecular weight is 400 g/mol. The number of anilines is 1. The quantitative estimate of drug-likeness (QED) is 0.710. The van der Waals surface area contributed by atoms with Gasteiger partial charge < -0.3 is 5.32 Å². The fraction of sp³-hybridized carbons (Fsp3) is 0.286. The summed E-state index contributed by atoms with van der Waals surface area (Å²) in [6.45, 7) is 5.33. The molecule has 1 unspecified atom stereocenters. The van der Waals surface area contributed by atoms with Crippen molar-refractivity contribution in [2.24, 2.45) is 0 Å². The Labute approximate surface area is 167 Å². The first-order valence-electron chi connectivity index (χ1n) is 9.14. The van der Waals surface area contributed by atoms with Crippen LogP contribution in [-0.4, -0.2) is 15.0 Å². The molecule has 0 spiro atoms. The SMILES string of the molecule is CCC(C)n1c(=O)c2ccccc2n(CC(=O)Nc2cccc(Cl)c2C)c1=O. The zero-order valence-corrected chi connectivity index (χ0v) is 16.8. The lowest BCUT2D eigenvalue weighted by molar-refractivity contribution is -0.116. The summed E-state index contributed by atoms with van der Waals surface area (Å²) >= 11 is 6.11. The Balaban J connectivity index is 2.07. The van der Waals surface area contributed by atoms with Crippen LogP contribution >= 0.6 is 11.6 Å². The zero-order chi connectivity index (χ0) is 20.4. The lowest BCUT2D eigenvalue weighted by Gasteiger charge is -2.17. The van der Waals surface area contributed by atoms with Gasteiger partial charge in [-0.2, -0.15) is 0 Å². The molecular formula is C21H22ClN3O3. The first-order valence-corrected chi connectivity index (χ1v) is 9.52. The predicted molar refractivity (Wildman–Crippen MR) is 112 cm³/mol. The molecule has 1 heterocycles. The first kappa shape index (κ1) is 19.9. The molecule has 2 aromatic carbocycles. The topological polar surface area (TPSA) is 73.1 Å². The Bertz CT molecular complexity index is 1160. The molecule has 1 aromatic heterocycles. The Morgan fingerprint density at radius 1 is 1.14 bits per heavy atom. The molecule has 0 saturated carbocycles. The van der Waals surface area contributed by atoms with Crippen molar-refractivity contribution in [3.05, 3.63) is 73.9 Å². The van der Waals surface area contributed by atoms with Gasteiger partial charge in [-0.15, -0.1) is 0 Å². The molecule has 6 nitrogen and oxygen atoms in total. The molecule has 3 aromatic rings. The first-order chi connectivity index (χ1) is 13.3. The number of rotatable bonds is 5. The van der Waals surface area contributed by atoms with Crippen LogP contribution in [0.3, 0.4) is 0 Å². The Hall–Kier alpha value is -2.86. The Morgan fingerprint density at radius 3 is 2.57 bits per heavy atom. The molecule has 0 aliphatic carbocycles. The normalized spacial score (nSPS) is 12.1. The number of para-hydroxylation sites is 1. The van der Waals surface area contributed by atoms with Crippen LogP contribution in [0.5, 0.6) is 0 Å². The lowest BCUT2D eigenvalue weighted by Crippen LogP contribution is -2.43. The fourth-order valence-electron chi connectivity index (χ4n) is 3.14. The maximum Gasteiger partial charge on any atom is 0.332 e. The van der Waals surface area contributed by atoms with E-state index in [1.807, 2.05) is 20.8 Å². The third kappa shape index (κ3) is 3.60. The Kier molecular flexibility index (Phi) is 5.70. The molecule has 1 atom stereocenters. The fourth-order valence-corrected chi connectivity index (χ4v) is 3.31. The van der Waals surface area contributed by atoms with Crippen molar-refractivity contribution >= 4 is 34.1 Å². The summed E-state index contributed by atoms with van der Waals surface area (Å²) in [6, 6.07) is 11.8. The van der Waals surface area contributed by atoms with E-state index in [1.165, 1.54) is 9.13 Å². The van der Waals surface area contributed by atoms with E-state index < -0.39 is 5.69 Å². The minimum atomic E-state index is -0.490. The zero-order valence-electron chi connectivity index (χ0n) is 16.0. The van der Waals surface area contributed by atoms with Gasteiger partial charge in [0, 0.05) is 16.8 Å². The molecule has 1 amide bonds. The number of hydrogen-bond donors (Lipinski definition) is 1. The van der Waals surface area contributed by atoms with Crippen molar-refractivity contribution in [2.75, 3.05) is 5.32 Å². The molecular weight excluding hydrogens is 378 g/mol. The number of carbonyl (C=O) groups is 1. The van der Waals surface area contributed by atoms with Gasteiger partial charge in [-0.1, -0.05) is 36.7 Å². The van der Waals surface area contributed by atoms with Gasteiger partial charge in [0.25, 0.3) is 5.56 Å². The van der Waals surface area contributed by atoms with Crippen LogP contribution in [0.15, 0.2) is 52.1 Å². The van der Waals surface area contributed by atoms with Crippen LogP contribution < -0.4 is 16.6 Å². The Morgan fingerprint density at radius 2 is 1.86 bits per heavy atom. The lowest BCUT2D eigenvalue weighted by atomic mass is 10.2. The van der Waals surface area contributed by atoms with Crippen molar-refractivity contribution < 1.29 is 4.79 Å². The highest BCUT2D eigenvalue weighted by Gasteiger charge is 2.18. The number of nitrogens with zero attached hydrogens (tertiary/aromatic N) is 2. The highest BCUT2D eigenvalue weighted by Crippen LogP contribution is 2.23. The van der Waals surface area contributed by atoms with Gasteiger partial charge in [-0.3, -0.25) is 18.7 Å². The van der Waals surface area contributed by atoms with Gasteiger partial charge in [0.2, 0.25) is 5.91 Å². The predicted octanol–water partition coefficient (Wildman–Crippen LogP) is 3.73. The number of amides is 1. The number of hydrogen-bond acceptors (Lipinski definition) is 3. The second kappa shape index (κ2) is 8.02. The van der Waals surface area contributed by atoms with Crippen molar-refractivity contribution in [3.8, 4) is 0 Å². The molecule has 0 bridgehead atoms. The molecule has 3 rings (SSSR count). The summed E-state index contributed by atoms with van der Waals surface area (Å²) < 4.78 is 2.57. The number of aromatic nitrogens is 2. The average Bonchev–Trinajstić information content (AvgIpc) is 2.68. The van der Waals surface area contributed by atoms with Crippen LogP contribution in [0.1, 0.15) is 31.9 Å². The summed E-state index contributed by atoms with van der Waals surface area (Å²) in [7, 11) is 0. The van der Waals surface area contributed by atoms with Gasteiger partial charge >= 0.3 is 5.69 Å². The monoisotopic (exact) mass is 399 g/mol. The number of carbonyl (C=O) groups excluding carboxylic acids is 1. The molecule has 0 aliphatic heterocycles. The van der Waals surface area contributed by atoms with Crippen LogP contribution in [0, 0.1) is 6.92 Å². The van der Waals surface area contributed by atoms with E-state index in [0.717, 1.165) is 5.56 Å². The minimum absolute atomic E-state index is 0.206. The van der Waals surface area contributed by atoms with Crippen LogP contribution in [0.2, 0.25) is 5.02 Å². The van der Waals surface area contributed by atoms with Gasteiger partial charge in [0.05, 0.1) is 10.9 Å². The summed E-state index contributed by atoms with van der Waals surface area (Å²) in [5.41, 5.74) is 0.952. The molecule has 28 heavy (non-hydrogen) atoms. The second-order valence-corrected chi connectivity index (χ2v) is 7.19. The number of halogens is 1. The van der Waals surface area contributed by atoms with Gasteiger partial charge in [-0.05, 0) is 50.1 Å². The third-order valence-corrected chi connectivity index (χ3v) is 5.37. The van der Waals surface area contributed by atoms with Crippen molar-refractivity contribution in [2.45, 2.75) is 39.8 Å². The van der Waals surface area contributed by atoms with Crippen molar-refractivity contribution in [1.82, 2.24) is 9.13 Å². The highest BCUT2D eigenvalue weighted by molar-refractivity contribution is 6.31. The smallest absolute Gasteiger partial charge is 0.324 e. The molecule has 0 radical (unpaired) electrons. The van der Waals surface area contributed by atoms with Crippen molar-refractivity contribution in [1.29, 1.82) is 0 Å². The van der Waals surface area contributed by atoms with E-state index >= 15 is 0 Å². The van der Waals surface area contributed by atoms with E-state index in [1.54, 1.807) is 42.5 Å². The number of fused-ring (bicyclic) bond motifs is 1. The van der Waals surface area contributed by atoms with E-state index in [0.29, 0.717) is 28.0 Å². The largest absolute Gasteiger partial charge is 0.332 e. The van der Waals surface area contributed by atoms with E-state index in [-0.39, 0.29) is 24.1 Å². The van der Waals surface area contributed by atoms with Crippen LogP contribution in [0.4, 0.5) is 5.69 Å². The van der Waals surface area contributed by atoms with E-state index in [4.69, 9.17) is 11.6 Å². The van der Waals surface area contributed by atoms with Crippen LogP contribution in [0.25, 0.3) is 10.9 Å². The molecule has 1 N–H and O–H groups in total. The molecule has 0 fully saturated rings. The molecule has 146 valence electrons. The maximum absolute atomic E-state index is 13.0. The second-order valence-electron chi connectivity index (χ2n) is 6.78. The minimum Gasteiger partial charge on any atom is -0.324 e. The number of nitrogens with one attached hydrogen (secondary N) is 1. The van der Waals surface area contributed by atoms with Gasteiger partial charge in [0.1, 0.15) is 6.54 Å². The van der Waals surface area contributed by atoms with Gasteiger partial charge in [-0.25, -0.2) is 4.79 Å². The van der Waals surface area contributed by atoms with Crippen molar-refractivity contribution in [3.63, 3.8) is 0 Å². The number of benzene rings is 2. The standard InChI is InChI=1S/C21H22ClN3O3/c1-4-13(2)25-20(27)15-8-5-6-11-18(15)24(21(25)28)12-19(26)23-17-10-7-9-16(22)14(17)3/h5-11,13H,4,12H2,1-3H3,(H,23,26). The van der Waals surface area contributed by atoms with Crippen LogP contribution in [-0.2, 0) is 11.3 Å².